The standard InChI is InChI=1S/C14H21N3O/c1-17(2)13-7-3-6-12(9-13)16-14(18)11-5-4-8-15-10-11/h3,6-7,9,11,15H,4-5,8,10H2,1-2H3,(H,16,18). The summed E-state index contributed by atoms with van der Waals surface area (Å²) in [7, 11) is 3.98. The van der Waals surface area contributed by atoms with Crippen LogP contribution in [0, 0.1) is 5.92 Å². The predicted molar refractivity (Wildman–Crippen MR) is 75.0 cm³/mol. The van der Waals surface area contributed by atoms with Crippen LogP contribution in [-0.4, -0.2) is 33.1 Å². The first-order chi connectivity index (χ1) is 8.66. The average Bonchev–Trinajstić information content (AvgIpc) is 2.40. The molecule has 0 radical (unpaired) electrons. The Balaban J connectivity index is 1.99. The number of hydrogen-bond donors (Lipinski definition) is 2. The van der Waals surface area contributed by atoms with Crippen LogP contribution in [0.25, 0.3) is 0 Å². The fourth-order valence-corrected chi connectivity index (χ4v) is 2.18. The van der Waals surface area contributed by atoms with E-state index in [1.54, 1.807) is 0 Å². The Labute approximate surface area is 108 Å². The lowest BCUT2D eigenvalue weighted by Crippen LogP contribution is -2.37. The van der Waals surface area contributed by atoms with Gasteiger partial charge in [0.15, 0.2) is 0 Å². The number of nitrogens with zero attached hydrogens (tertiary/aromatic N) is 1. The van der Waals surface area contributed by atoms with Crippen LogP contribution in [0.15, 0.2) is 24.3 Å². The summed E-state index contributed by atoms with van der Waals surface area (Å²) >= 11 is 0. The number of carbonyl (C=O) groups excluding carboxylic acids is 1. The van der Waals surface area contributed by atoms with Crippen molar-refractivity contribution in [3.63, 3.8) is 0 Å². The highest BCUT2D eigenvalue weighted by Gasteiger charge is 2.20. The van der Waals surface area contributed by atoms with E-state index in [0.29, 0.717) is 0 Å². The topological polar surface area (TPSA) is 44.4 Å². The zero-order valence-electron chi connectivity index (χ0n) is 11.1. The molecule has 1 aromatic carbocycles. The number of benzene rings is 1. The van der Waals surface area contributed by atoms with Crippen molar-refractivity contribution in [2.24, 2.45) is 5.92 Å². The molecule has 1 saturated heterocycles. The SMILES string of the molecule is CN(C)c1cccc(NC(=O)C2CCCNC2)c1. The van der Waals surface area contributed by atoms with Crippen LogP contribution in [0.2, 0.25) is 0 Å². The smallest absolute Gasteiger partial charge is 0.228 e. The first-order valence-corrected chi connectivity index (χ1v) is 6.46. The van der Waals surface area contributed by atoms with Gasteiger partial charge in [-0.3, -0.25) is 4.79 Å². The number of amides is 1. The van der Waals surface area contributed by atoms with Crippen molar-refractivity contribution in [3.05, 3.63) is 24.3 Å². The van der Waals surface area contributed by atoms with E-state index < -0.39 is 0 Å². The molecule has 2 N–H and O–H groups in total. The summed E-state index contributed by atoms with van der Waals surface area (Å²) in [6, 6.07) is 7.91. The number of anilines is 2. The molecule has 0 spiro atoms. The van der Waals surface area contributed by atoms with Gasteiger partial charge in [0.05, 0.1) is 5.92 Å². The molecule has 0 aromatic heterocycles. The van der Waals surface area contributed by atoms with Crippen LogP contribution in [0.1, 0.15) is 12.8 Å². The van der Waals surface area contributed by atoms with Crippen molar-refractivity contribution >= 4 is 17.3 Å². The maximum atomic E-state index is 12.1. The first-order valence-electron chi connectivity index (χ1n) is 6.46. The van der Waals surface area contributed by atoms with Crippen LogP contribution >= 0.6 is 0 Å². The highest BCUT2D eigenvalue weighted by molar-refractivity contribution is 5.93. The van der Waals surface area contributed by atoms with E-state index in [-0.39, 0.29) is 11.8 Å². The van der Waals surface area contributed by atoms with Gasteiger partial charge in [-0.15, -0.1) is 0 Å². The zero-order valence-corrected chi connectivity index (χ0v) is 11.1. The normalized spacial score (nSPS) is 19.3. The summed E-state index contributed by atoms with van der Waals surface area (Å²) in [4.78, 5) is 14.1. The van der Waals surface area contributed by atoms with Gasteiger partial charge in [-0.05, 0) is 37.6 Å². The van der Waals surface area contributed by atoms with Crippen molar-refractivity contribution in [2.45, 2.75) is 12.8 Å². The van der Waals surface area contributed by atoms with Gasteiger partial charge in [-0.25, -0.2) is 0 Å². The molecule has 0 aliphatic carbocycles. The van der Waals surface area contributed by atoms with Crippen molar-refractivity contribution in [2.75, 3.05) is 37.4 Å². The van der Waals surface area contributed by atoms with Crippen molar-refractivity contribution in [1.29, 1.82) is 0 Å². The number of nitrogens with one attached hydrogen (secondary N) is 2. The van der Waals surface area contributed by atoms with Gasteiger partial charge in [0.2, 0.25) is 5.91 Å². The Morgan fingerprint density at radius 3 is 2.94 bits per heavy atom. The molecule has 98 valence electrons. The molecule has 1 atom stereocenters. The fourth-order valence-electron chi connectivity index (χ4n) is 2.18. The second-order valence-corrected chi connectivity index (χ2v) is 4.98. The lowest BCUT2D eigenvalue weighted by Gasteiger charge is -2.22. The second-order valence-electron chi connectivity index (χ2n) is 4.98. The van der Waals surface area contributed by atoms with Crippen molar-refractivity contribution < 1.29 is 4.79 Å². The Morgan fingerprint density at radius 1 is 1.44 bits per heavy atom. The molecule has 18 heavy (non-hydrogen) atoms. The second kappa shape index (κ2) is 5.87. The molecule has 1 heterocycles. The Kier molecular flexibility index (Phi) is 4.20. The van der Waals surface area contributed by atoms with Crippen LogP contribution in [-0.2, 0) is 4.79 Å². The minimum absolute atomic E-state index is 0.0989. The largest absolute Gasteiger partial charge is 0.378 e. The number of carbonyl (C=O) groups is 1. The average molecular weight is 247 g/mol. The van der Waals surface area contributed by atoms with Gasteiger partial charge in [0.25, 0.3) is 0 Å². The van der Waals surface area contributed by atoms with Crippen LogP contribution < -0.4 is 15.5 Å². The number of piperidine rings is 1. The van der Waals surface area contributed by atoms with E-state index in [1.807, 2.05) is 43.3 Å². The Bertz CT molecular complexity index is 411. The van der Waals surface area contributed by atoms with E-state index >= 15 is 0 Å². The molecule has 1 aliphatic heterocycles. The monoisotopic (exact) mass is 247 g/mol. The molecule has 4 heteroatoms. The van der Waals surface area contributed by atoms with Gasteiger partial charge in [-0.1, -0.05) is 6.07 Å². The van der Waals surface area contributed by atoms with Crippen LogP contribution in [0.5, 0.6) is 0 Å². The molecule has 4 nitrogen and oxygen atoms in total. The molecule has 2 rings (SSSR count). The lowest BCUT2D eigenvalue weighted by atomic mass is 9.99. The maximum Gasteiger partial charge on any atom is 0.228 e. The first kappa shape index (κ1) is 12.9. The molecular weight excluding hydrogens is 226 g/mol. The third-order valence-electron chi connectivity index (χ3n) is 3.30. The third kappa shape index (κ3) is 3.23. The van der Waals surface area contributed by atoms with Crippen LogP contribution in [0.4, 0.5) is 11.4 Å². The minimum atomic E-state index is 0.0989. The molecule has 1 unspecified atom stereocenters. The minimum Gasteiger partial charge on any atom is -0.378 e. The van der Waals surface area contributed by atoms with Gasteiger partial charge < -0.3 is 15.5 Å². The quantitative estimate of drug-likeness (QED) is 0.854. The molecule has 1 amide bonds. The van der Waals surface area contributed by atoms with Gasteiger partial charge in [0, 0.05) is 32.0 Å². The summed E-state index contributed by atoms with van der Waals surface area (Å²) in [6.07, 6.45) is 2.06. The van der Waals surface area contributed by atoms with Crippen molar-refractivity contribution in [3.8, 4) is 0 Å². The van der Waals surface area contributed by atoms with Gasteiger partial charge in [0.1, 0.15) is 0 Å². The third-order valence-corrected chi connectivity index (χ3v) is 3.30. The maximum absolute atomic E-state index is 12.1. The van der Waals surface area contributed by atoms with E-state index in [2.05, 4.69) is 10.6 Å². The van der Waals surface area contributed by atoms with Gasteiger partial charge >= 0.3 is 0 Å². The molecule has 1 aliphatic rings. The van der Waals surface area contributed by atoms with E-state index in [0.717, 1.165) is 37.3 Å². The predicted octanol–water partition coefficient (Wildman–Crippen LogP) is 1.69. The summed E-state index contributed by atoms with van der Waals surface area (Å²) in [5.41, 5.74) is 1.96. The van der Waals surface area contributed by atoms with E-state index in [4.69, 9.17) is 0 Å². The lowest BCUT2D eigenvalue weighted by molar-refractivity contribution is -0.120. The molecular formula is C14H21N3O. The van der Waals surface area contributed by atoms with Gasteiger partial charge in [-0.2, -0.15) is 0 Å². The highest BCUT2D eigenvalue weighted by atomic mass is 16.1. The molecule has 0 bridgehead atoms. The Hall–Kier alpha value is -1.55. The summed E-state index contributed by atoms with van der Waals surface area (Å²) in [6.45, 7) is 1.82. The molecule has 1 aromatic rings. The zero-order chi connectivity index (χ0) is 13.0. The van der Waals surface area contributed by atoms with Crippen LogP contribution in [0.3, 0.4) is 0 Å². The van der Waals surface area contributed by atoms with Crippen molar-refractivity contribution in [1.82, 2.24) is 5.32 Å². The Morgan fingerprint density at radius 2 is 2.28 bits per heavy atom. The van der Waals surface area contributed by atoms with E-state index in [1.165, 1.54) is 0 Å². The highest BCUT2D eigenvalue weighted by Crippen LogP contribution is 2.19. The summed E-state index contributed by atoms with van der Waals surface area (Å²) in [5.74, 6) is 0.222. The number of rotatable bonds is 3. The summed E-state index contributed by atoms with van der Waals surface area (Å²) in [5, 5.41) is 6.26. The fraction of sp³-hybridized carbons (Fsp3) is 0.500. The summed E-state index contributed by atoms with van der Waals surface area (Å²) < 4.78 is 0. The number of hydrogen-bond acceptors (Lipinski definition) is 3. The molecule has 0 saturated carbocycles. The van der Waals surface area contributed by atoms with E-state index in [9.17, 15) is 4.79 Å². The molecule has 1 fully saturated rings.